The average Bonchev–Trinajstić information content (AvgIpc) is 2.29. The van der Waals surface area contributed by atoms with Crippen LogP contribution in [0.5, 0.6) is 0 Å². The number of rotatable bonds is 5. The second kappa shape index (κ2) is 6.08. The van der Waals surface area contributed by atoms with E-state index in [1.54, 1.807) is 25.1 Å². The summed E-state index contributed by atoms with van der Waals surface area (Å²) < 4.78 is 49.4. The van der Waals surface area contributed by atoms with Crippen molar-refractivity contribution in [3.05, 3.63) is 33.8 Å². The van der Waals surface area contributed by atoms with E-state index in [1.807, 2.05) is 0 Å². The molecule has 1 aromatic rings. The van der Waals surface area contributed by atoms with Crippen LogP contribution in [0.2, 0.25) is 10.0 Å². The van der Waals surface area contributed by atoms with Crippen LogP contribution in [0.4, 0.5) is 17.6 Å². The van der Waals surface area contributed by atoms with E-state index in [9.17, 15) is 17.6 Å². The molecule has 1 nitrogen and oxygen atoms in total. The lowest BCUT2D eigenvalue weighted by Gasteiger charge is -2.21. The summed E-state index contributed by atoms with van der Waals surface area (Å²) in [5.41, 5.74) is 0.481. The van der Waals surface area contributed by atoms with Gasteiger partial charge in [0.25, 0.3) is 0 Å². The Kier molecular flexibility index (Phi) is 5.25. The average molecular weight is 304 g/mol. The summed E-state index contributed by atoms with van der Waals surface area (Å²) >= 11 is 11.7. The predicted octanol–water partition coefficient (Wildman–Crippen LogP) is 4.54. The third-order valence-corrected chi connectivity index (χ3v) is 3.24. The van der Waals surface area contributed by atoms with Gasteiger partial charge in [-0.3, -0.25) is 0 Å². The molecule has 1 aromatic carbocycles. The van der Waals surface area contributed by atoms with Crippen LogP contribution in [0, 0.1) is 0 Å². The van der Waals surface area contributed by atoms with Gasteiger partial charge < -0.3 is 5.32 Å². The number of alkyl halides is 4. The Hall–Kier alpha value is -0.520. The highest BCUT2D eigenvalue weighted by Gasteiger charge is 2.40. The highest BCUT2D eigenvalue weighted by atomic mass is 35.5. The highest BCUT2D eigenvalue weighted by Crippen LogP contribution is 2.30. The first kappa shape index (κ1) is 15.5. The van der Waals surface area contributed by atoms with Crippen LogP contribution in [0.15, 0.2) is 18.2 Å². The van der Waals surface area contributed by atoms with Gasteiger partial charge in [0.15, 0.2) is 0 Å². The van der Waals surface area contributed by atoms with Crippen molar-refractivity contribution in [3.63, 3.8) is 0 Å². The molecule has 0 spiro atoms. The minimum Gasteiger partial charge on any atom is -0.304 e. The number of benzene rings is 1. The molecular weight excluding hydrogens is 293 g/mol. The lowest BCUT2D eigenvalue weighted by Crippen LogP contribution is -2.39. The zero-order valence-corrected chi connectivity index (χ0v) is 10.9. The molecule has 0 bridgehead atoms. The second-order valence-corrected chi connectivity index (χ2v) is 4.59. The second-order valence-electron chi connectivity index (χ2n) is 3.81. The lowest BCUT2D eigenvalue weighted by molar-refractivity contribution is -0.126. The Morgan fingerprint density at radius 1 is 1.28 bits per heavy atom. The SMILES string of the molecule is CC(NCC(F)(F)C(F)F)c1cccc(Cl)c1Cl. The Bertz CT molecular complexity index is 412. The summed E-state index contributed by atoms with van der Waals surface area (Å²) in [7, 11) is 0. The molecule has 1 rings (SSSR count). The molecule has 1 unspecified atom stereocenters. The number of hydrogen-bond acceptors (Lipinski definition) is 1. The smallest absolute Gasteiger partial charge is 0.304 e. The molecule has 0 amide bonds. The Labute approximate surface area is 112 Å². The quantitative estimate of drug-likeness (QED) is 0.787. The summed E-state index contributed by atoms with van der Waals surface area (Å²) in [6.45, 7) is 0.410. The minimum atomic E-state index is -4.07. The maximum atomic E-state index is 12.7. The lowest BCUT2D eigenvalue weighted by atomic mass is 10.1. The van der Waals surface area contributed by atoms with Crippen molar-refractivity contribution in [2.75, 3.05) is 6.54 Å². The Balaban J connectivity index is 2.72. The van der Waals surface area contributed by atoms with Crippen LogP contribution in [0.3, 0.4) is 0 Å². The van der Waals surface area contributed by atoms with Gasteiger partial charge in [-0.15, -0.1) is 0 Å². The maximum absolute atomic E-state index is 12.7. The van der Waals surface area contributed by atoms with E-state index < -0.39 is 24.9 Å². The topological polar surface area (TPSA) is 12.0 Å². The molecular formula is C11H11Cl2F4N. The van der Waals surface area contributed by atoms with Gasteiger partial charge >= 0.3 is 12.3 Å². The fourth-order valence-electron chi connectivity index (χ4n) is 1.33. The van der Waals surface area contributed by atoms with E-state index in [0.29, 0.717) is 5.56 Å². The van der Waals surface area contributed by atoms with E-state index in [4.69, 9.17) is 23.2 Å². The van der Waals surface area contributed by atoms with Gasteiger partial charge in [0.2, 0.25) is 0 Å². The monoisotopic (exact) mass is 303 g/mol. The minimum absolute atomic E-state index is 0.222. The van der Waals surface area contributed by atoms with Crippen LogP contribution >= 0.6 is 23.2 Å². The molecule has 0 saturated carbocycles. The molecule has 0 aliphatic carbocycles. The molecule has 0 radical (unpaired) electrons. The van der Waals surface area contributed by atoms with Gasteiger partial charge in [0, 0.05) is 6.04 Å². The third kappa shape index (κ3) is 3.73. The molecule has 1 atom stereocenters. The highest BCUT2D eigenvalue weighted by molar-refractivity contribution is 6.42. The Morgan fingerprint density at radius 2 is 1.89 bits per heavy atom. The van der Waals surface area contributed by atoms with Crippen molar-refractivity contribution in [3.8, 4) is 0 Å². The predicted molar refractivity (Wildman–Crippen MR) is 63.8 cm³/mol. The molecule has 0 aliphatic rings. The summed E-state index contributed by atoms with van der Waals surface area (Å²) in [4.78, 5) is 0. The molecule has 18 heavy (non-hydrogen) atoms. The van der Waals surface area contributed by atoms with E-state index in [-0.39, 0.29) is 10.0 Å². The number of hydrogen-bond donors (Lipinski definition) is 1. The van der Waals surface area contributed by atoms with E-state index in [0.717, 1.165) is 0 Å². The van der Waals surface area contributed by atoms with Crippen LogP contribution in [-0.4, -0.2) is 18.9 Å². The summed E-state index contributed by atoms with van der Waals surface area (Å²) in [6.07, 6.45) is -3.70. The van der Waals surface area contributed by atoms with Gasteiger partial charge in [0.05, 0.1) is 16.6 Å². The standard InChI is InChI=1S/C11H11Cl2F4N/c1-6(18-5-11(16,17)10(14)15)7-3-2-4-8(12)9(7)13/h2-4,6,10,18H,5H2,1H3. The summed E-state index contributed by atoms with van der Waals surface area (Å²) in [6, 6.07) is 4.13. The molecule has 0 aliphatic heterocycles. The summed E-state index contributed by atoms with van der Waals surface area (Å²) in [5.74, 6) is -4.07. The molecule has 7 heteroatoms. The number of halogens is 6. The van der Waals surface area contributed by atoms with Gasteiger partial charge in [-0.2, -0.15) is 8.78 Å². The van der Waals surface area contributed by atoms with E-state index >= 15 is 0 Å². The van der Waals surface area contributed by atoms with Crippen molar-refractivity contribution in [1.82, 2.24) is 5.32 Å². The zero-order valence-electron chi connectivity index (χ0n) is 9.36. The van der Waals surface area contributed by atoms with Crippen LogP contribution in [0.1, 0.15) is 18.5 Å². The number of nitrogens with one attached hydrogen (secondary N) is 1. The normalized spacial score (nSPS) is 14.0. The van der Waals surface area contributed by atoms with Crippen molar-refractivity contribution >= 4 is 23.2 Å². The molecule has 0 aromatic heterocycles. The van der Waals surface area contributed by atoms with Gasteiger partial charge in [-0.05, 0) is 18.6 Å². The fourth-order valence-corrected chi connectivity index (χ4v) is 1.80. The summed E-state index contributed by atoms with van der Waals surface area (Å²) in [5, 5.41) is 2.82. The molecule has 0 heterocycles. The molecule has 102 valence electrons. The van der Waals surface area contributed by atoms with Crippen LogP contribution in [0.25, 0.3) is 0 Å². The third-order valence-electron chi connectivity index (χ3n) is 2.41. The first-order valence-electron chi connectivity index (χ1n) is 5.09. The largest absolute Gasteiger partial charge is 0.319 e. The zero-order chi connectivity index (χ0) is 13.9. The van der Waals surface area contributed by atoms with Crippen LogP contribution < -0.4 is 5.32 Å². The molecule has 1 N–H and O–H groups in total. The van der Waals surface area contributed by atoms with E-state index in [2.05, 4.69) is 5.32 Å². The van der Waals surface area contributed by atoms with Gasteiger partial charge in [-0.25, -0.2) is 8.78 Å². The first-order chi connectivity index (χ1) is 8.25. The van der Waals surface area contributed by atoms with E-state index in [1.165, 1.54) is 0 Å². The fraction of sp³-hybridized carbons (Fsp3) is 0.455. The van der Waals surface area contributed by atoms with Crippen molar-refractivity contribution < 1.29 is 17.6 Å². The molecule has 0 fully saturated rings. The van der Waals surface area contributed by atoms with Crippen LogP contribution in [-0.2, 0) is 0 Å². The van der Waals surface area contributed by atoms with Crippen molar-refractivity contribution in [1.29, 1.82) is 0 Å². The first-order valence-corrected chi connectivity index (χ1v) is 5.84. The molecule has 0 saturated heterocycles. The van der Waals surface area contributed by atoms with Crippen molar-refractivity contribution in [2.45, 2.75) is 25.3 Å². The maximum Gasteiger partial charge on any atom is 0.319 e. The van der Waals surface area contributed by atoms with Gasteiger partial charge in [-0.1, -0.05) is 35.3 Å². The van der Waals surface area contributed by atoms with Gasteiger partial charge in [0.1, 0.15) is 0 Å². The Morgan fingerprint density at radius 3 is 2.44 bits per heavy atom. The van der Waals surface area contributed by atoms with Crippen molar-refractivity contribution in [2.24, 2.45) is 0 Å².